The Morgan fingerprint density at radius 2 is 1.29 bits per heavy atom. The maximum absolute atomic E-state index is 2.22. The van der Waals surface area contributed by atoms with Crippen LogP contribution in [-0.2, 0) is 0 Å². The summed E-state index contributed by atoms with van der Waals surface area (Å²) in [4.78, 5) is 0. The van der Waals surface area contributed by atoms with Crippen LogP contribution in [0.2, 0.25) is 0 Å². The third-order valence-electron chi connectivity index (χ3n) is 0.816. The summed E-state index contributed by atoms with van der Waals surface area (Å²) in [6.07, 6.45) is 1.31. The van der Waals surface area contributed by atoms with E-state index in [2.05, 4.69) is 20.8 Å². The molecule has 0 aliphatic rings. The largest absolute Gasteiger partial charge is 0.344 e. The van der Waals surface area contributed by atoms with Gasteiger partial charge in [-0.15, -0.1) is 0 Å². The third-order valence-corrected chi connectivity index (χ3v) is 0.816. The van der Waals surface area contributed by atoms with Crippen LogP contribution in [0.15, 0.2) is 0 Å². The summed E-state index contributed by atoms with van der Waals surface area (Å²) in [5.41, 5.74) is 0. The van der Waals surface area contributed by atoms with Crippen molar-refractivity contribution >= 4 is 0 Å². The maximum Gasteiger partial charge on any atom is -0.0474 e. The van der Waals surface area contributed by atoms with Crippen LogP contribution < -0.4 is 12.3 Å². The van der Waals surface area contributed by atoms with Gasteiger partial charge in [0.15, 0.2) is 0 Å². The molecule has 0 amide bonds. The molecule has 0 aliphatic carbocycles. The fourth-order valence-corrected chi connectivity index (χ4v) is 0. The van der Waals surface area contributed by atoms with Gasteiger partial charge in [0.25, 0.3) is 0 Å². The molecular formula is C5H18N2. The first-order chi connectivity index (χ1) is 2.27. The highest BCUT2D eigenvalue weighted by Crippen LogP contribution is 1.93. The van der Waals surface area contributed by atoms with Crippen molar-refractivity contribution in [1.29, 1.82) is 0 Å². The number of hydrogen-bond acceptors (Lipinski definition) is 2. The van der Waals surface area contributed by atoms with Gasteiger partial charge in [-0.3, -0.25) is 0 Å². The molecule has 0 heterocycles. The van der Waals surface area contributed by atoms with Crippen molar-refractivity contribution in [3.05, 3.63) is 0 Å². The number of hydrogen-bond donors (Lipinski definition) is 2. The SMILES string of the molecule is CCC(C)C.N.N. The van der Waals surface area contributed by atoms with Crippen LogP contribution in [0.4, 0.5) is 0 Å². The van der Waals surface area contributed by atoms with Crippen LogP contribution in [-0.4, -0.2) is 0 Å². The highest BCUT2D eigenvalue weighted by Gasteiger charge is 1.80. The smallest absolute Gasteiger partial charge is 0.0474 e. The highest BCUT2D eigenvalue weighted by atomic mass is 14.0. The van der Waals surface area contributed by atoms with Gasteiger partial charge in [-0.2, -0.15) is 0 Å². The van der Waals surface area contributed by atoms with Gasteiger partial charge in [0, 0.05) is 0 Å². The van der Waals surface area contributed by atoms with Crippen molar-refractivity contribution in [3.8, 4) is 0 Å². The fourth-order valence-electron chi connectivity index (χ4n) is 0. The Labute approximate surface area is 46.5 Å². The molecule has 0 radical (unpaired) electrons. The molecule has 2 heteroatoms. The minimum absolute atomic E-state index is 0. The first kappa shape index (κ1) is 15.8. The summed E-state index contributed by atoms with van der Waals surface area (Å²) in [5.74, 6) is 0.884. The van der Waals surface area contributed by atoms with E-state index in [1.54, 1.807) is 0 Å². The zero-order chi connectivity index (χ0) is 4.28. The molecule has 0 spiro atoms. The average molecular weight is 106 g/mol. The monoisotopic (exact) mass is 106 g/mol. The van der Waals surface area contributed by atoms with E-state index in [1.807, 2.05) is 0 Å². The molecule has 0 rings (SSSR count). The van der Waals surface area contributed by atoms with E-state index in [9.17, 15) is 0 Å². The van der Waals surface area contributed by atoms with E-state index in [4.69, 9.17) is 0 Å². The van der Waals surface area contributed by atoms with Crippen LogP contribution in [0.5, 0.6) is 0 Å². The van der Waals surface area contributed by atoms with Crippen molar-refractivity contribution in [1.82, 2.24) is 12.3 Å². The molecule has 2 nitrogen and oxygen atoms in total. The molecule has 48 valence electrons. The van der Waals surface area contributed by atoms with Gasteiger partial charge in [-0.1, -0.05) is 27.2 Å². The van der Waals surface area contributed by atoms with Crippen LogP contribution in [0.3, 0.4) is 0 Å². The Bertz CT molecular complexity index is 20.0. The second kappa shape index (κ2) is 9.33. The molecular weight excluding hydrogens is 88.1 g/mol. The molecule has 0 saturated heterocycles. The van der Waals surface area contributed by atoms with E-state index < -0.39 is 0 Å². The van der Waals surface area contributed by atoms with Crippen molar-refractivity contribution < 1.29 is 0 Å². The molecule has 0 atom stereocenters. The molecule has 0 aromatic rings. The quantitative estimate of drug-likeness (QED) is 0.538. The lowest BCUT2D eigenvalue weighted by Gasteiger charge is -1.90. The van der Waals surface area contributed by atoms with E-state index in [0.29, 0.717) is 0 Å². The van der Waals surface area contributed by atoms with Gasteiger partial charge in [-0.05, 0) is 5.92 Å². The predicted octanol–water partition coefficient (Wildman–Crippen LogP) is 2.38. The summed E-state index contributed by atoms with van der Waals surface area (Å²) < 4.78 is 0. The molecule has 0 saturated carbocycles. The van der Waals surface area contributed by atoms with E-state index in [1.165, 1.54) is 6.42 Å². The van der Waals surface area contributed by atoms with Crippen LogP contribution in [0.25, 0.3) is 0 Å². The topological polar surface area (TPSA) is 70.0 Å². The molecule has 7 heavy (non-hydrogen) atoms. The Morgan fingerprint density at radius 1 is 1.14 bits per heavy atom. The summed E-state index contributed by atoms with van der Waals surface area (Å²) in [7, 11) is 0. The van der Waals surface area contributed by atoms with Gasteiger partial charge < -0.3 is 12.3 Å². The molecule has 0 bridgehead atoms. The minimum atomic E-state index is 0. The molecule has 0 aromatic heterocycles. The van der Waals surface area contributed by atoms with Crippen molar-refractivity contribution in [3.63, 3.8) is 0 Å². The van der Waals surface area contributed by atoms with Gasteiger partial charge in [-0.25, -0.2) is 0 Å². The average Bonchev–Trinajstić information content (AvgIpc) is 1.38. The minimum Gasteiger partial charge on any atom is -0.344 e. The second-order valence-electron chi connectivity index (χ2n) is 1.80. The molecule has 0 fully saturated rings. The Balaban J connectivity index is -0.0000000800. The lowest BCUT2D eigenvalue weighted by Crippen LogP contribution is -1.77. The predicted molar refractivity (Wildman–Crippen MR) is 35.2 cm³/mol. The molecule has 0 aliphatic heterocycles. The summed E-state index contributed by atoms with van der Waals surface area (Å²) in [6.45, 7) is 6.64. The van der Waals surface area contributed by atoms with Crippen molar-refractivity contribution in [2.24, 2.45) is 5.92 Å². The lowest BCUT2D eigenvalue weighted by atomic mass is 10.2. The summed E-state index contributed by atoms with van der Waals surface area (Å²) in [5, 5.41) is 0. The zero-order valence-corrected chi connectivity index (χ0v) is 5.70. The standard InChI is InChI=1S/C5H12.2H3N/c1-4-5(2)3;;/h5H,4H2,1-3H3;2*1H3. The first-order valence-corrected chi connectivity index (χ1v) is 2.27. The zero-order valence-electron chi connectivity index (χ0n) is 5.70. The first-order valence-electron chi connectivity index (χ1n) is 2.27. The van der Waals surface area contributed by atoms with Crippen LogP contribution >= 0.6 is 0 Å². The van der Waals surface area contributed by atoms with Crippen LogP contribution in [0, 0.1) is 5.92 Å². The maximum atomic E-state index is 2.22. The second-order valence-corrected chi connectivity index (χ2v) is 1.80. The van der Waals surface area contributed by atoms with Gasteiger partial charge in [0.2, 0.25) is 0 Å². The number of rotatable bonds is 1. The molecule has 0 unspecified atom stereocenters. The van der Waals surface area contributed by atoms with E-state index >= 15 is 0 Å². The fraction of sp³-hybridized carbons (Fsp3) is 1.00. The van der Waals surface area contributed by atoms with Crippen LogP contribution in [0.1, 0.15) is 27.2 Å². The Morgan fingerprint density at radius 3 is 1.29 bits per heavy atom. The molecule has 0 aromatic carbocycles. The van der Waals surface area contributed by atoms with Gasteiger partial charge in [0.05, 0.1) is 0 Å². The summed E-state index contributed by atoms with van der Waals surface area (Å²) in [6, 6.07) is 0. The normalized spacial score (nSPS) is 6.86. The van der Waals surface area contributed by atoms with Crippen molar-refractivity contribution in [2.45, 2.75) is 27.2 Å². The van der Waals surface area contributed by atoms with Crippen molar-refractivity contribution in [2.75, 3.05) is 0 Å². The highest BCUT2D eigenvalue weighted by molar-refractivity contribution is 4.32. The summed E-state index contributed by atoms with van der Waals surface area (Å²) >= 11 is 0. The Kier molecular flexibility index (Phi) is 21.0. The van der Waals surface area contributed by atoms with E-state index in [-0.39, 0.29) is 12.3 Å². The Hall–Kier alpha value is -0.0800. The third kappa shape index (κ3) is 24.7. The van der Waals surface area contributed by atoms with Gasteiger partial charge >= 0.3 is 0 Å². The molecule has 6 N–H and O–H groups in total. The lowest BCUT2D eigenvalue weighted by molar-refractivity contribution is 0.626. The van der Waals surface area contributed by atoms with Gasteiger partial charge in [0.1, 0.15) is 0 Å². The van der Waals surface area contributed by atoms with E-state index in [0.717, 1.165) is 5.92 Å².